The maximum absolute atomic E-state index is 10.7. The summed E-state index contributed by atoms with van der Waals surface area (Å²) in [5.41, 5.74) is 5.40. The third-order valence-electron chi connectivity index (χ3n) is 1.58. The molecule has 1 heterocycles. The quantitative estimate of drug-likeness (QED) is 0.507. The first kappa shape index (κ1) is 7.68. The summed E-state index contributed by atoms with van der Waals surface area (Å²) in [5.74, 6) is -0.979. The summed E-state index contributed by atoms with van der Waals surface area (Å²) in [5, 5.41) is 8.49. The van der Waals surface area contributed by atoms with Gasteiger partial charge in [0.2, 0.25) is 0 Å². The van der Waals surface area contributed by atoms with Gasteiger partial charge < -0.3 is 10.8 Å². The van der Waals surface area contributed by atoms with Gasteiger partial charge in [-0.15, -0.1) is 0 Å². The van der Waals surface area contributed by atoms with Crippen LogP contribution < -0.4 is 5.73 Å². The van der Waals surface area contributed by atoms with E-state index in [-0.39, 0.29) is 5.75 Å². The fourth-order valence-electron chi connectivity index (χ4n) is 0.977. The molecule has 0 aromatic rings. The van der Waals surface area contributed by atoms with Crippen LogP contribution in [0.5, 0.6) is 0 Å². The van der Waals surface area contributed by atoms with Crippen LogP contribution in [0.15, 0.2) is 0 Å². The van der Waals surface area contributed by atoms with Crippen LogP contribution in [0.25, 0.3) is 0 Å². The molecule has 0 aromatic heterocycles. The van der Waals surface area contributed by atoms with Crippen LogP contribution in [-0.2, 0) is 15.6 Å². The largest absolute Gasteiger partial charge is 0.481 e. The Balaban J connectivity index is 2.63. The second-order valence-electron chi connectivity index (χ2n) is 2.38. The Hall–Kier alpha value is -0.420. The van der Waals surface area contributed by atoms with Crippen molar-refractivity contribution in [1.82, 2.24) is 0 Å². The normalized spacial score (nSPS) is 39.9. The van der Waals surface area contributed by atoms with E-state index in [2.05, 4.69) is 0 Å². The predicted molar refractivity (Wildman–Crippen MR) is 37.0 cm³/mol. The van der Waals surface area contributed by atoms with E-state index in [1.165, 1.54) is 0 Å². The van der Waals surface area contributed by atoms with Crippen molar-refractivity contribution in [2.45, 2.75) is 6.04 Å². The summed E-state index contributed by atoms with van der Waals surface area (Å²) in [4.78, 5) is 10.3. The van der Waals surface area contributed by atoms with Crippen molar-refractivity contribution in [3.8, 4) is 0 Å². The zero-order chi connectivity index (χ0) is 7.72. The van der Waals surface area contributed by atoms with Crippen LogP contribution in [0.4, 0.5) is 0 Å². The van der Waals surface area contributed by atoms with Crippen molar-refractivity contribution in [3.63, 3.8) is 0 Å². The third-order valence-corrected chi connectivity index (χ3v) is 3.07. The predicted octanol–water partition coefficient (Wildman–Crippen LogP) is -1.22. The molecule has 0 amide bonds. The van der Waals surface area contributed by atoms with Crippen LogP contribution in [0, 0.1) is 5.92 Å². The van der Waals surface area contributed by atoms with Crippen LogP contribution in [0.3, 0.4) is 0 Å². The van der Waals surface area contributed by atoms with Crippen LogP contribution in [0.2, 0.25) is 0 Å². The first-order chi connectivity index (χ1) is 4.61. The van der Waals surface area contributed by atoms with Gasteiger partial charge in [-0.05, 0) is 0 Å². The molecule has 0 spiro atoms. The summed E-state index contributed by atoms with van der Waals surface area (Å²) in [6, 6.07) is -0.418. The first-order valence-corrected chi connectivity index (χ1v) is 4.43. The molecule has 1 saturated heterocycles. The second-order valence-corrected chi connectivity index (χ2v) is 3.93. The Kier molecular flexibility index (Phi) is 2.05. The van der Waals surface area contributed by atoms with Gasteiger partial charge in [0.1, 0.15) is 0 Å². The summed E-state index contributed by atoms with van der Waals surface area (Å²) in [7, 11) is -1.01. The molecule has 1 aliphatic heterocycles. The van der Waals surface area contributed by atoms with Crippen molar-refractivity contribution < 1.29 is 14.1 Å². The average Bonchev–Trinajstić information content (AvgIpc) is 2.10. The van der Waals surface area contributed by atoms with Gasteiger partial charge >= 0.3 is 5.97 Å². The molecule has 0 unspecified atom stereocenters. The van der Waals surface area contributed by atoms with E-state index < -0.39 is 28.7 Å². The average molecular weight is 163 g/mol. The first-order valence-electron chi connectivity index (χ1n) is 2.94. The number of aliphatic carboxylic acids is 1. The lowest BCUT2D eigenvalue weighted by Crippen LogP contribution is -2.33. The van der Waals surface area contributed by atoms with E-state index in [0.29, 0.717) is 5.75 Å². The highest BCUT2D eigenvalue weighted by atomic mass is 32.2. The van der Waals surface area contributed by atoms with Crippen molar-refractivity contribution in [3.05, 3.63) is 0 Å². The summed E-state index contributed by atoms with van der Waals surface area (Å²) in [6.07, 6.45) is 0. The van der Waals surface area contributed by atoms with Crippen molar-refractivity contribution in [2.75, 3.05) is 11.5 Å². The number of rotatable bonds is 1. The highest BCUT2D eigenvalue weighted by Gasteiger charge is 2.34. The number of carbonyl (C=O) groups is 1. The highest BCUT2D eigenvalue weighted by Crippen LogP contribution is 2.13. The molecular weight excluding hydrogens is 154 g/mol. The molecule has 10 heavy (non-hydrogen) atoms. The highest BCUT2D eigenvalue weighted by molar-refractivity contribution is 7.85. The molecule has 1 fully saturated rings. The molecule has 0 bridgehead atoms. The summed E-state index contributed by atoms with van der Waals surface area (Å²) in [6.45, 7) is 0. The Morgan fingerprint density at radius 3 is 2.40 bits per heavy atom. The van der Waals surface area contributed by atoms with E-state index in [1.54, 1.807) is 0 Å². The minimum Gasteiger partial charge on any atom is -0.481 e. The van der Waals surface area contributed by atoms with Crippen LogP contribution >= 0.6 is 0 Å². The lowest BCUT2D eigenvalue weighted by Gasteiger charge is -2.05. The van der Waals surface area contributed by atoms with E-state index in [9.17, 15) is 9.00 Å². The number of carboxylic acid groups (broad SMARTS) is 1. The second kappa shape index (κ2) is 2.67. The fraction of sp³-hybridized carbons (Fsp3) is 0.800. The van der Waals surface area contributed by atoms with Crippen LogP contribution in [0.1, 0.15) is 0 Å². The van der Waals surface area contributed by atoms with Crippen molar-refractivity contribution in [2.24, 2.45) is 11.7 Å². The van der Waals surface area contributed by atoms with E-state index in [4.69, 9.17) is 10.8 Å². The Morgan fingerprint density at radius 1 is 1.60 bits per heavy atom. The molecule has 3 atom stereocenters. The molecule has 5 heteroatoms. The standard InChI is InChI=1S/C5H9NO3S/c6-4-2-10(9)1-3(4)5(7)8/h3-4H,1-2,6H2,(H,7,8)/t3-,4-,10-/m1/s1. The molecule has 4 nitrogen and oxygen atoms in total. The van der Waals surface area contributed by atoms with Gasteiger partial charge in [-0.25, -0.2) is 0 Å². The SMILES string of the molecule is N[C@@H]1C[S@](=O)C[C@H]1C(=O)O. The van der Waals surface area contributed by atoms with Gasteiger partial charge in [-0.3, -0.25) is 9.00 Å². The monoisotopic (exact) mass is 163 g/mol. The van der Waals surface area contributed by atoms with Gasteiger partial charge in [0, 0.05) is 28.3 Å². The Morgan fingerprint density at radius 2 is 2.20 bits per heavy atom. The van der Waals surface area contributed by atoms with E-state index in [0.717, 1.165) is 0 Å². The molecule has 0 aromatic carbocycles. The Bertz CT molecular complexity index is 182. The van der Waals surface area contributed by atoms with Gasteiger partial charge in [-0.2, -0.15) is 0 Å². The van der Waals surface area contributed by atoms with Gasteiger partial charge in [-0.1, -0.05) is 0 Å². The molecular formula is C5H9NO3S. The number of hydrogen-bond acceptors (Lipinski definition) is 3. The lowest BCUT2D eigenvalue weighted by atomic mass is 10.1. The minimum atomic E-state index is -1.01. The zero-order valence-corrected chi connectivity index (χ0v) is 6.13. The molecule has 3 N–H and O–H groups in total. The lowest BCUT2D eigenvalue weighted by molar-refractivity contribution is -0.141. The van der Waals surface area contributed by atoms with Crippen molar-refractivity contribution >= 4 is 16.8 Å². The maximum Gasteiger partial charge on any atom is 0.309 e. The number of hydrogen-bond donors (Lipinski definition) is 2. The maximum atomic E-state index is 10.7. The molecule has 1 rings (SSSR count). The molecule has 1 aliphatic rings. The van der Waals surface area contributed by atoms with E-state index >= 15 is 0 Å². The summed E-state index contributed by atoms with van der Waals surface area (Å²) < 4.78 is 10.7. The minimum absolute atomic E-state index is 0.219. The number of nitrogens with two attached hydrogens (primary N) is 1. The molecule has 58 valence electrons. The van der Waals surface area contributed by atoms with E-state index in [1.807, 2.05) is 0 Å². The van der Waals surface area contributed by atoms with Crippen molar-refractivity contribution in [1.29, 1.82) is 0 Å². The van der Waals surface area contributed by atoms with Gasteiger partial charge in [0.05, 0.1) is 5.92 Å². The summed E-state index contributed by atoms with van der Waals surface area (Å²) >= 11 is 0. The number of carboxylic acids is 1. The van der Waals surface area contributed by atoms with Crippen LogP contribution in [-0.4, -0.2) is 32.8 Å². The van der Waals surface area contributed by atoms with Gasteiger partial charge in [0.25, 0.3) is 0 Å². The zero-order valence-electron chi connectivity index (χ0n) is 5.32. The topological polar surface area (TPSA) is 80.4 Å². The smallest absolute Gasteiger partial charge is 0.309 e. The third kappa shape index (κ3) is 1.35. The fourth-order valence-corrected chi connectivity index (χ4v) is 2.57. The Labute approximate surface area is 60.9 Å². The molecule has 0 radical (unpaired) electrons. The van der Waals surface area contributed by atoms with Gasteiger partial charge in [0.15, 0.2) is 0 Å². The molecule has 0 saturated carbocycles. The molecule has 0 aliphatic carbocycles.